The topological polar surface area (TPSA) is 95.2 Å². The molecule has 0 spiro atoms. The van der Waals surface area contributed by atoms with Gasteiger partial charge in [-0.1, -0.05) is 44.9 Å². The summed E-state index contributed by atoms with van der Waals surface area (Å²) >= 11 is 0. The Hall–Kier alpha value is -3.86. The highest BCUT2D eigenvalue weighted by Crippen LogP contribution is 2.38. The minimum absolute atomic E-state index is 0.00666. The number of fused-ring (bicyclic) bond motifs is 2. The Morgan fingerprint density at radius 1 is 0.700 bits per heavy atom. The van der Waals surface area contributed by atoms with E-state index >= 15 is 0 Å². The van der Waals surface area contributed by atoms with Gasteiger partial charge in [0.2, 0.25) is 0 Å². The zero-order valence-corrected chi connectivity index (χ0v) is 17.3. The smallest absolute Gasteiger partial charge is 0.102 e. The zero-order chi connectivity index (χ0) is 21.7. The van der Waals surface area contributed by atoms with E-state index in [0.29, 0.717) is 10.8 Å². The van der Waals surface area contributed by atoms with Crippen LogP contribution in [0.25, 0.3) is 21.5 Å². The van der Waals surface area contributed by atoms with Crippen molar-refractivity contribution in [3.05, 3.63) is 57.6 Å². The number of nitrogens with zero attached hydrogens (tertiary/aromatic N) is 4. The average molecular weight is 390 g/mol. The van der Waals surface area contributed by atoms with E-state index in [1.165, 1.54) is 5.56 Å². The van der Waals surface area contributed by atoms with Gasteiger partial charge < -0.3 is 0 Å². The third kappa shape index (κ3) is 3.35. The van der Waals surface area contributed by atoms with Gasteiger partial charge in [0, 0.05) is 10.8 Å². The SMILES string of the molecule is CCCCc1cccc2cc3c(C#N)c(C#N)c(C#N)c(C#N)c3c(CCCC)c12. The summed E-state index contributed by atoms with van der Waals surface area (Å²) in [7, 11) is 0. The predicted molar refractivity (Wildman–Crippen MR) is 118 cm³/mol. The Morgan fingerprint density at radius 3 is 1.90 bits per heavy atom. The lowest BCUT2D eigenvalue weighted by Gasteiger charge is -2.18. The van der Waals surface area contributed by atoms with Gasteiger partial charge in [-0.15, -0.1) is 0 Å². The van der Waals surface area contributed by atoms with Crippen LogP contribution in [-0.2, 0) is 12.8 Å². The number of unbranched alkanes of at least 4 members (excludes halogenated alkanes) is 2. The Morgan fingerprint density at radius 2 is 1.30 bits per heavy atom. The number of hydrogen-bond acceptors (Lipinski definition) is 4. The second-order valence-corrected chi connectivity index (χ2v) is 7.45. The molecule has 0 unspecified atom stereocenters. The van der Waals surface area contributed by atoms with Gasteiger partial charge in [0.1, 0.15) is 24.3 Å². The van der Waals surface area contributed by atoms with Crippen molar-refractivity contribution in [3.8, 4) is 24.3 Å². The van der Waals surface area contributed by atoms with Gasteiger partial charge in [-0.2, -0.15) is 21.0 Å². The molecule has 0 radical (unpaired) electrons. The van der Waals surface area contributed by atoms with Gasteiger partial charge in [0.15, 0.2) is 0 Å². The van der Waals surface area contributed by atoms with E-state index in [1.807, 2.05) is 30.3 Å². The first-order valence-electron chi connectivity index (χ1n) is 10.3. The van der Waals surface area contributed by atoms with Crippen LogP contribution in [0.3, 0.4) is 0 Å². The Kier molecular flexibility index (Phi) is 6.32. The molecule has 0 bridgehead atoms. The lowest BCUT2D eigenvalue weighted by atomic mass is 9.83. The van der Waals surface area contributed by atoms with Crippen LogP contribution in [0.4, 0.5) is 0 Å². The van der Waals surface area contributed by atoms with E-state index in [1.54, 1.807) is 0 Å². The molecule has 0 saturated carbocycles. The molecule has 3 aromatic rings. The molecular formula is C26H22N4. The van der Waals surface area contributed by atoms with Gasteiger partial charge in [0.25, 0.3) is 0 Å². The Labute approximate surface area is 177 Å². The first-order chi connectivity index (χ1) is 14.7. The van der Waals surface area contributed by atoms with Crippen LogP contribution < -0.4 is 0 Å². The van der Waals surface area contributed by atoms with E-state index in [4.69, 9.17) is 0 Å². The minimum Gasteiger partial charge on any atom is -0.192 e. The van der Waals surface area contributed by atoms with Crippen molar-refractivity contribution < 1.29 is 0 Å². The third-order valence-corrected chi connectivity index (χ3v) is 5.65. The van der Waals surface area contributed by atoms with Crippen LogP contribution in [0.15, 0.2) is 24.3 Å². The molecule has 3 rings (SSSR count). The molecule has 0 saturated heterocycles. The molecule has 0 aliphatic heterocycles. The highest BCUT2D eigenvalue weighted by Gasteiger charge is 2.23. The summed E-state index contributed by atoms with van der Waals surface area (Å²) in [5.74, 6) is 0. The molecule has 0 fully saturated rings. The minimum atomic E-state index is -0.00743. The first-order valence-corrected chi connectivity index (χ1v) is 10.3. The number of hydrogen-bond donors (Lipinski definition) is 0. The van der Waals surface area contributed by atoms with Gasteiger partial charge in [0.05, 0.1) is 22.3 Å². The van der Waals surface area contributed by atoms with Crippen molar-refractivity contribution in [2.24, 2.45) is 0 Å². The molecule has 0 atom stereocenters. The fourth-order valence-electron chi connectivity index (χ4n) is 4.25. The summed E-state index contributed by atoms with van der Waals surface area (Å²) in [4.78, 5) is 0. The Bertz CT molecular complexity index is 1300. The molecule has 0 aliphatic rings. The van der Waals surface area contributed by atoms with Crippen molar-refractivity contribution in [1.82, 2.24) is 0 Å². The first kappa shape index (κ1) is 20.9. The van der Waals surface area contributed by atoms with Gasteiger partial charge >= 0.3 is 0 Å². The van der Waals surface area contributed by atoms with Crippen LogP contribution in [0.2, 0.25) is 0 Å². The summed E-state index contributed by atoms with van der Waals surface area (Å²) in [6, 6.07) is 16.4. The highest BCUT2D eigenvalue weighted by molar-refractivity contribution is 6.09. The van der Waals surface area contributed by atoms with E-state index < -0.39 is 0 Å². The molecule has 3 aromatic carbocycles. The third-order valence-electron chi connectivity index (χ3n) is 5.65. The van der Waals surface area contributed by atoms with Gasteiger partial charge in [-0.3, -0.25) is 0 Å². The maximum absolute atomic E-state index is 9.97. The second kappa shape index (κ2) is 9.09. The standard InChI is InChI=1S/C26H22N4/c1-3-5-8-17-9-7-10-18-12-20-21(13-27)22(14-28)23(15-29)24(16-30)26(20)19(25(17)18)11-6-4-2/h7,9-10,12H,3-6,8,11H2,1-2H3. The van der Waals surface area contributed by atoms with Gasteiger partial charge in [-0.25, -0.2) is 0 Å². The molecule has 4 heteroatoms. The van der Waals surface area contributed by atoms with E-state index in [2.05, 4.69) is 32.1 Å². The molecule has 0 amide bonds. The number of aryl methyl sites for hydroxylation is 2. The largest absolute Gasteiger partial charge is 0.192 e. The van der Waals surface area contributed by atoms with Crippen molar-refractivity contribution in [3.63, 3.8) is 0 Å². The van der Waals surface area contributed by atoms with E-state index in [0.717, 1.165) is 54.9 Å². The second-order valence-electron chi connectivity index (χ2n) is 7.45. The fraction of sp³-hybridized carbons (Fsp3) is 0.308. The summed E-state index contributed by atoms with van der Waals surface area (Å²) in [5, 5.41) is 42.6. The average Bonchev–Trinajstić information content (AvgIpc) is 2.78. The van der Waals surface area contributed by atoms with Crippen LogP contribution in [-0.4, -0.2) is 0 Å². The quantitative estimate of drug-likeness (QED) is 0.470. The van der Waals surface area contributed by atoms with Crippen LogP contribution in [0, 0.1) is 45.3 Å². The van der Waals surface area contributed by atoms with Crippen molar-refractivity contribution in [2.75, 3.05) is 0 Å². The molecule has 0 aromatic heterocycles. The van der Waals surface area contributed by atoms with Crippen molar-refractivity contribution in [1.29, 1.82) is 21.0 Å². The maximum Gasteiger partial charge on any atom is 0.102 e. The molecule has 146 valence electrons. The normalized spacial score (nSPS) is 10.3. The molecule has 0 N–H and O–H groups in total. The molecule has 30 heavy (non-hydrogen) atoms. The fourth-order valence-corrected chi connectivity index (χ4v) is 4.25. The van der Waals surface area contributed by atoms with E-state index in [9.17, 15) is 21.0 Å². The van der Waals surface area contributed by atoms with E-state index in [-0.39, 0.29) is 22.3 Å². The lowest BCUT2D eigenvalue weighted by Crippen LogP contribution is -2.03. The number of nitriles is 4. The van der Waals surface area contributed by atoms with Crippen LogP contribution >= 0.6 is 0 Å². The number of benzene rings is 3. The lowest BCUT2D eigenvalue weighted by molar-refractivity contribution is 0.791. The molecule has 0 heterocycles. The Balaban J connectivity index is 2.63. The molecule has 4 nitrogen and oxygen atoms in total. The van der Waals surface area contributed by atoms with Crippen molar-refractivity contribution >= 4 is 21.5 Å². The van der Waals surface area contributed by atoms with Crippen LogP contribution in [0.5, 0.6) is 0 Å². The monoisotopic (exact) mass is 390 g/mol. The molecule has 0 aliphatic carbocycles. The summed E-state index contributed by atoms with van der Waals surface area (Å²) < 4.78 is 0. The summed E-state index contributed by atoms with van der Waals surface area (Å²) in [6.45, 7) is 4.28. The predicted octanol–water partition coefficient (Wildman–Crippen LogP) is 6.16. The summed E-state index contributed by atoms with van der Waals surface area (Å²) in [6.07, 6.45) is 5.77. The van der Waals surface area contributed by atoms with Gasteiger partial charge in [-0.05, 0) is 53.6 Å². The maximum atomic E-state index is 9.97. The summed E-state index contributed by atoms with van der Waals surface area (Å²) in [5.41, 5.74) is 2.64. The highest BCUT2D eigenvalue weighted by atomic mass is 14.4. The van der Waals surface area contributed by atoms with Crippen molar-refractivity contribution in [2.45, 2.75) is 52.4 Å². The molecular weight excluding hydrogens is 368 g/mol. The zero-order valence-electron chi connectivity index (χ0n) is 17.3. The number of rotatable bonds is 6. The van der Waals surface area contributed by atoms with Crippen LogP contribution in [0.1, 0.15) is 72.9 Å².